The molecule has 1 saturated heterocycles. The largest absolute Gasteiger partial charge is 0.392 e. The topological polar surface area (TPSA) is 84.4 Å². The Bertz CT molecular complexity index is 1140. The predicted octanol–water partition coefficient (Wildman–Crippen LogP) is 2.98. The molecule has 1 amide bonds. The van der Waals surface area contributed by atoms with Crippen molar-refractivity contribution in [2.45, 2.75) is 44.8 Å². The van der Waals surface area contributed by atoms with Gasteiger partial charge in [-0.2, -0.15) is 0 Å². The van der Waals surface area contributed by atoms with Crippen LogP contribution in [0.15, 0.2) is 47.4 Å². The summed E-state index contributed by atoms with van der Waals surface area (Å²) in [6.07, 6.45) is 6.39. The number of nitrogens with zero attached hydrogens (tertiary/aromatic N) is 4. The first-order chi connectivity index (χ1) is 15.1. The third-order valence-electron chi connectivity index (χ3n) is 7.72. The Labute approximate surface area is 180 Å². The molecule has 3 unspecified atom stereocenters. The van der Waals surface area contributed by atoms with E-state index in [1.54, 1.807) is 0 Å². The van der Waals surface area contributed by atoms with Crippen molar-refractivity contribution in [1.82, 2.24) is 19.6 Å². The molecule has 2 fully saturated rings. The number of piperidine rings is 1. The van der Waals surface area contributed by atoms with E-state index in [1.807, 2.05) is 30.4 Å². The van der Waals surface area contributed by atoms with E-state index >= 15 is 0 Å². The number of benzene rings is 1. The number of aromatic nitrogens is 3. The quantitative estimate of drug-likeness (QED) is 0.707. The summed E-state index contributed by atoms with van der Waals surface area (Å²) in [5.41, 5.74) is 4.25. The van der Waals surface area contributed by atoms with Crippen LogP contribution in [0.4, 0.5) is 0 Å². The molecule has 1 saturated carbocycles. The van der Waals surface area contributed by atoms with Gasteiger partial charge in [0.05, 0.1) is 42.5 Å². The number of aryl methyl sites for hydroxylation is 1. The molecule has 7 nitrogen and oxygen atoms in total. The van der Waals surface area contributed by atoms with Crippen molar-refractivity contribution in [2.75, 3.05) is 13.1 Å². The molecule has 0 bridgehead atoms. The van der Waals surface area contributed by atoms with E-state index < -0.39 is 0 Å². The molecule has 6 rings (SSSR count). The molecule has 7 heteroatoms. The van der Waals surface area contributed by atoms with Crippen molar-refractivity contribution in [2.24, 2.45) is 11.3 Å². The second-order valence-corrected chi connectivity index (χ2v) is 9.38. The highest BCUT2D eigenvalue weighted by molar-refractivity contribution is 5.78. The number of hydrogen-bond donors (Lipinski definition) is 1. The predicted molar refractivity (Wildman–Crippen MR) is 113 cm³/mol. The summed E-state index contributed by atoms with van der Waals surface area (Å²) in [6, 6.07) is 10.4. The van der Waals surface area contributed by atoms with Crippen LogP contribution in [0.25, 0.3) is 11.3 Å². The Morgan fingerprint density at radius 1 is 1.29 bits per heavy atom. The number of imidazole rings is 1. The smallest absolute Gasteiger partial charge is 0.228 e. The number of aliphatic hydroxyl groups is 1. The van der Waals surface area contributed by atoms with Crippen LogP contribution >= 0.6 is 0 Å². The summed E-state index contributed by atoms with van der Waals surface area (Å²) in [7, 11) is 0. The number of fused-ring (bicyclic) bond motifs is 3. The van der Waals surface area contributed by atoms with Gasteiger partial charge in [0.2, 0.25) is 5.91 Å². The standard InChI is InChI=1S/C24H26N4O3/c1-15-10-16(26-31-15)11-21(29)27-8-6-24(7-9-27)12-19(23(24)30)22-18-5-3-2-4-17(18)20-13-25-14-28(20)22/h2-5,10,13-14,19,22-23,30H,6-9,11-12H2,1H3. The fourth-order valence-corrected chi connectivity index (χ4v) is 6.06. The number of carbonyl (C=O) groups excluding carboxylic acids is 1. The molecule has 3 aromatic rings. The van der Waals surface area contributed by atoms with E-state index in [2.05, 4.69) is 39.0 Å². The first-order valence-electron chi connectivity index (χ1n) is 11.0. The monoisotopic (exact) mass is 418 g/mol. The van der Waals surface area contributed by atoms with Crippen LogP contribution in [0.5, 0.6) is 0 Å². The second-order valence-electron chi connectivity index (χ2n) is 9.38. The van der Waals surface area contributed by atoms with Gasteiger partial charge in [-0.15, -0.1) is 0 Å². The van der Waals surface area contributed by atoms with Crippen molar-refractivity contribution < 1.29 is 14.4 Å². The van der Waals surface area contributed by atoms with Crippen molar-refractivity contribution in [3.63, 3.8) is 0 Å². The molecular weight excluding hydrogens is 392 g/mol. The molecule has 1 aromatic carbocycles. The summed E-state index contributed by atoms with van der Waals surface area (Å²) in [5, 5.41) is 15.3. The average molecular weight is 418 g/mol. The molecule has 3 atom stereocenters. The van der Waals surface area contributed by atoms with Gasteiger partial charge in [-0.25, -0.2) is 4.98 Å². The highest BCUT2D eigenvalue weighted by Crippen LogP contribution is 2.59. The van der Waals surface area contributed by atoms with E-state index in [9.17, 15) is 9.90 Å². The van der Waals surface area contributed by atoms with Crippen LogP contribution in [0.3, 0.4) is 0 Å². The van der Waals surface area contributed by atoms with Gasteiger partial charge < -0.3 is 19.1 Å². The third-order valence-corrected chi connectivity index (χ3v) is 7.72. The Morgan fingerprint density at radius 2 is 2.10 bits per heavy atom. The van der Waals surface area contributed by atoms with E-state index in [0.717, 1.165) is 30.7 Å². The minimum absolute atomic E-state index is 0.0792. The number of amides is 1. The summed E-state index contributed by atoms with van der Waals surface area (Å²) in [5.74, 6) is 0.983. The minimum Gasteiger partial charge on any atom is -0.392 e. The number of hydrogen-bond acceptors (Lipinski definition) is 5. The molecule has 1 N–H and O–H groups in total. The summed E-state index contributed by atoms with van der Waals surface area (Å²) >= 11 is 0. The van der Waals surface area contributed by atoms with Crippen LogP contribution in [-0.2, 0) is 11.2 Å². The van der Waals surface area contributed by atoms with Gasteiger partial charge in [0, 0.05) is 36.1 Å². The molecule has 3 aliphatic rings. The van der Waals surface area contributed by atoms with Crippen molar-refractivity contribution in [3.8, 4) is 11.3 Å². The minimum atomic E-state index is -0.366. The third kappa shape index (κ3) is 2.79. The number of rotatable bonds is 3. The zero-order chi connectivity index (χ0) is 21.2. The van der Waals surface area contributed by atoms with E-state index in [0.29, 0.717) is 18.8 Å². The van der Waals surface area contributed by atoms with Crippen LogP contribution < -0.4 is 0 Å². The summed E-state index contributed by atoms with van der Waals surface area (Å²) in [4.78, 5) is 18.9. The second kappa shape index (κ2) is 6.79. The highest BCUT2D eigenvalue weighted by atomic mass is 16.5. The SMILES string of the molecule is Cc1cc(CC(=O)N2CCC3(CC2)CC(C2c4ccccc4-c4cncn42)C3O)no1. The normalized spacial score (nSPS) is 25.9. The molecule has 0 radical (unpaired) electrons. The number of aliphatic hydroxyl groups excluding tert-OH is 1. The van der Waals surface area contributed by atoms with E-state index in [4.69, 9.17) is 4.52 Å². The summed E-state index contributed by atoms with van der Waals surface area (Å²) < 4.78 is 7.30. The van der Waals surface area contributed by atoms with E-state index in [1.165, 1.54) is 11.1 Å². The number of likely N-dealkylation sites (tertiary alicyclic amines) is 1. The Kier molecular flexibility index (Phi) is 4.12. The lowest BCUT2D eigenvalue weighted by atomic mass is 9.53. The van der Waals surface area contributed by atoms with Gasteiger partial charge in [-0.3, -0.25) is 4.79 Å². The lowest BCUT2D eigenvalue weighted by Gasteiger charge is -2.58. The fraction of sp³-hybridized carbons (Fsp3) is 0.458. The van der Waals surface area contributed by atoms with Crippen molar-refractivity contribution >= 4 is 5.91 Å². The van der Waals surface area contributed by atoms with Gasteiger partial charge in [-0.05, 0) is 31.7 Å². The Balaban J connectivity index is 1.14. The maximum atomic E-state index is 12.7. The first kappa shape index (κ1) is 18.8. The zero-order valence-electron chi connectivity index (χ0n) is 17.6. The lowest BCUT2D eigenvalue weighted by Crippen LogP contribution is -2.60. The Morgan fingerprint density at radius 3 is 2.84 bits per heavy atom. The zero-order valence-corrected chi connectivity index (χ0v) is 17.6. The Hall–Kier alpha value is -2.93. The molecule has 2 aliphatic heterocycles. The average Bonchev–Trinajstić information content (AvgIpc) is 3.49. The molecule has 1 spiro atoms. The van der Waals surface area contributed by atoms with Gasteiger partial charge in [0.15, 0.2) is 0 Å². The van der Waals surface area contributed by atoms with Crippen LogP contribution in [-0.4, -0.2) is 49.8 Å². The lowest BCUT2D eigenvalue weighted by molar-refractivity contribution is -0.164. The molecule has 2 aromatic heterocycles. The van der Waals surface area contributed by atoms with Crippen LogP contribution in [0.1, 0.15) is 42.3 Å². The van der Waals surface area contributed by atoms with Crippen LogP contribution in [0.2, 0.25) is 0 Å². The van der Waals surface area contributed by atoms with Crippen LogP contribution in [0, 0.1) is 18.3 Å². The molecule has 4 heterocycles. The highest BCUT2D eigenvalue weighted by Gasteiger charge is 2.58. The number of carbonyl (C=O) groups is 1. The maximum Gasteiger partial charge on any atom is 0.228 e. The van der Waals surface area contributed by atoms with Crippen molar-refractivity contribution in [1.29, 1.82) is 0 Å². The van der Waals surface area contributed by atoms with Gasteiger partial charge in [0.1, 0.15) is 5.76 Å². The maximum absolute atomic E-state index is 12.7. The van der Waals surface area contributed by atoms with Crippen molar-refractivity contribution in [3.05, 3.63) is 59.9 Å². The summed E-state index contributed by atoms with van der Waals surface area (Å²) in [6.45, 7) is 3.21. The van der Waals surface area contributed by atoms with Gasteiger partial charge in [0.25, 0.3) is 0 Å². The molecular formula is C24H26N4O3. The molecule has 160 valence electrons. The van der Waals surface area contributed by atoms with Gasteiger partial charge >= 0.3 is 0 Å². The first-order valence-corrected chi connectivity index (χ1v) is 11.0. The van der Waals surface area contributed by atoms with E-state index in [-0.39, 0.29) is 35.8 Å². The van der Waals surface area contributed by atoms with Gasteiger partial charge in [-0.1, -0.05) is 29.4 Å². The fourth-order valence-electron chi connectivity index (χ4n) is 6.06. The molecule has 1 aliphatic carbocycles. The molecule has 31 heavy (non-hydrogen) atoms.